The minimum Gasteiger partial charge on any atom is -0.481 e. The van der Waals surface area contributed by atoms with E-state index >= 15 is 0 Å². The zero-order valence-corrected chi connectivity index (χ0v) is 14.1. The number of hydrogen-bond acceptors (Lipinski definition) is 7. The molecule has 152 valence electrons. The number of nitrogens with one attached hydrogen (secondary N) is 2. The molecular formula is C14H21N3O10. The Labute approximate surface area is 152 Å². The minimum absolute atomic E-state index is 0.419. The van der Waals surface area contributed by atoms with Crippen molar-refractivity contribution in [2.45, 2.75) is 50.2 Å². The molecule has 0 bridgehead atoms. The second-order valence-corrected chi connectivity index (χ2v) is 5.53. The van der Waals surface area contributed by atoms with Crippen molar-refractivity contribution in [2.24, 2.45) is 5.73 Å². The van der Waals surface area contributed by atoms with Crippen molar-refractivity contribution in [3.63, 3.8) is 0 Å². The summed E-state index contributed by atoms with van der Waals surface area (Å²) >= 11 is 0. The third-order valence-electron chi connectivity index (χ3n) is 3.27. The molecule has 8 N–H and O–H groups in total. The number of rotatable bonds is 13. The quantitative estimate of drug-likeness (QED) is 0.174. The minimum atomic E-state index is -1.58. The molecule has 0 saturated heterocycles. The first-order chi connectivity index (χ1) is 12.4. The van der Waals surface area contributed by atoms with Crippen LogP contribution in [0.25, 0.3) is 0 Å². The highest BCUT2D eigenvalue weighted by molar-refractivity contribution is 5.93. The predicted octanol–water partition coefficient (Wildman–Crippen LogP) is -2.43. The van der Waals surface area contributed by atoms with Gasteiger partial charge >= 0.3 is 23.9 Å². The zero-order valence-electron chi connectivity index (χ0n) is 14.1. The second kappa shape index (κ2) is 11.4. The Kier molecular flexibility index (Phi) is 10.0. The summed E-state index contributed by atoms with van der Waals surface area (Å²) in [4.78, 5) is 67.0. The largest absolute Gasteiger partial charge is 0.481 e. The lowest BCUT2D eigenvalue weighted by Gasteiger charge is -2.22. The molecule has 0 aliphatic rings. The van der Waals surface area contributed by atoms with E-state index in [0.717, 1.165) is 0 Å². The van der Waals surface area contributed by atoms with Gasteiger partial charge in [-0.05, 0) is 12.8 Å². The maximum atomic E-state index is 12.2. The van der Waals surface area contributed by atoms with Crippen LogP contribution >= 0.6 is 0 Å². The Hall–Kier alpha value is -3.22. The summed E-state index contributed by atoms with van der Waals surface area (Å²) in [5, 5.41) is 39.0. The lowest BCUT2D eigenvalue weighted by molar-refractivity contribution is -0.144. The Morgan fingerprint density at radius 2 is 1.15 bits per heavy atom. The van der Waals surface area contributed by atoms with Gasteiger partial charge in [-0.15, -0.1) is 0 Å². The van der Waals surface area contributed by atoms with E-state index in [1.54, 1.807) is 0 Å². The Balaban J connectivity index is 5.12. The number of carboxylic acid groups (broad SMARTS) is 4. The number of carboxylic acids is 4. The molecule has 0 aromatic heterocycles. The van der Waals surface area contributed by atoms with Crippen LogP contribution in [0, 0.1) is 0 Å². The first-order valence-electron chi connectivity index (χ1n) is 7.68. The van der Waals surface area contributed by atoms with Crippen LogP contribution < -0.4 is 16.4 Å². The molecule has 3 atom stereocenters. The van der Waals surface area contributed by atoms with Gasteiger partial charge in [0, 0.05) is 12.8 Å². The highest BCUT2D eigenvalue weighted by Gasteiger charge is 2.29. The highest BCUT2D eigenvalue weighted by atomic mass is 16.4. The van der Waals surface area contributed by atoms with Crippen molar-refractivity contribution < 1.29 is 49.2 Å². The number of carbonyl (C=O) groups excluding carboxylic acids is 2. The summed E-state index contributed by atoms with van der Waals surface area (Å²) in [5.74, 6) is -7.58. The molecule has 0 aromatic rings. The summed E-state index contributed by atoms with van der Waals surface area (Å²) < 4.78 is 0. The topological polar surface area (TPSA) is 233 Å². The van der Waals surface area contributed by atoms with Crippen molar-refractivity contribution in [2.75, 3.05) is 0 Å². The molecule has 0 radical (unpaired) electrons. The lowest BCUT2D eigenvalue weighted by atomic mass is 10.1. The van der Waals surface area contributed by atoms with Crippen molar-refractivity contribution in [1.82, 2.24) is 10.6 Å². The number of carbonyl (C=O) groups is 6. The fourth-order valence-corrected chi connectivity index (χ4v) is 1.89. The molecule has 0 spiro atoms. The van der Waals surface area contributed by atoms with Gasteiger partial charge in [0.05, 0.1) is 12.5 Å². The van der Waals surface area contributed by atoms with Gasteiger partial charge in [0.1, 0.15) is 12.1 Å². The molecule has 0 aliphatic carbocycles. The van der Waals surface area contributed by atoms with E-state index in [0.29, 0.717) is 0 Å². The summed E-state index contributed by atoms with van der Waals surface area (Å²) in [5.41, 5.74) is 5.35. The van der Waals surface area contributed by atoms with Gasteiger partial charge in [-0.2, -0.15) is 0 Å². The van der Waals surface area contributed by atoms with Crippen molar-refractivity contribution in [3.8, 4) is 0 Å². The Morgan fingerprint density at radius 3 is 1.56 bits per heavy atom. The molecular weight excluding hydrogens is 370 g/mol. The van der Waals surface area contributed by atoms with E-state index in [9.17, 15) is 28.8 Å². The van der Waals surface area contributed by atoms with Crippen molar-refractivity contribution in [1.29, 1.82) is 0 Å². The number of aliphatic carboxylic acids is 4. The van der Waals surface area contributed by atoms with E-state index in [1.165, 1.54) is 0 Å². The maximum Gasteiger partial charge on any atom is 0.326 e. The van der Waals surface area contributed by atoms with Crippen LogP contribution in [0.1, 0.15) is 32.1 Å². The Morgan fingerprint density at radius 1 is 0.704 bits per heavy atom. The van der Waals surface area contributed by atoms with Gasteiger partial charge < -0.3 is 36.8 Å². The normalized spacial score (nSPS) is 13.7. The molecule has 2 amide bonds. The maximum absolute atomic E-state index is 12.2. The molecule has 0 aromatic carbocycles. The first-order valence-corrected chi connectivity index (χ1v) is 7.68. The van der Waals surface area contributed by atoms with Gasteiger partial charge in [0.25, 0.3) is 0 Å². The fraction of sp³-hybridized carbons (Fsp3) is 0.571. The van der Waals surface area contributed by atoms with Crippen LogP contribution in [0.3, 0.4) is 0 Å². The lowest BCUT2D eigenvalue weighted by Crippen LogP contribution is -2.54. The number of nitrogens with two attached hydrogens (primary N) is 1. The molecule has 13 nitrogen and oxygen atoms in total. The van der Waals surface area contributed by atoms with E-state index in [2.05, 4.69) is 5.32 Å². The third-order valence-corrected chi connectivity index (χ3v) is 3.27. The summed E-state index contributed by atoms with van der Waals surface area (Å²) in [7, 11) is 0. The summed E-state index contributed by atoms with van der Waals surface area (Å²) in [6, 6.07) is -4.59. The zero-order chi connectivity index (χ0) is 21.1. The third kappa shape index (κ3) is 10.4. The van der Waals surface area contributed by atoms with Crippen molar-refractivity contribution >= 4 is 35.7 Å². The smallest absolute Gasteiger partial charge is 0.326 e. The summed E-state index contributed by atoms with van der Waals surface area (Å²) in [6.45, 7) is 0. The monoisotopic (exact) mass is 391 g/mol. The van der Waals surface area contributed by atoms with Crippen LogP contribution in [0.15, 0.2) is 0 Å². The second-order valence-electron chi connectivity index (χ2n) is 5.53. The van der Waals surface area contributed by atoms with Gasteiger partial charge in [0.2, 0.25) is 11.8 Å². The molecule has 3 unspecified atom stereocenters. The molecule has 0 saturated carbocycles. The van der Waals surface area contributed by atoms with Gasteiger partial charge in [-0.25, -0.2) is 4.79 Å². The summed E-state index contributed by atoms with van der Waals surface area (Å²) in [6.07, 6.45) is -2.70. The number of amides is 2. The average Bonchev–Trinajstić information content (AvgIpc) is 2.53. The molecule has 0 rings (SSSR count). The fourth-order valence-electron chi connectivity index (χ4n) is 1.89. The van der Waals surface area contributed by atoms with Crippen LogP contribution in [0.4, 0.5) is 0 Å². The number of hydrogen-bond donors (Lipinski definition) is 7. The van der Waals surface area contributed by atoms with Crippen LogP contribution in [-0.2, 0) is 28.8 Å². The highest BCUT2D eigenvalue weighted by Crippen LogP contribution is 2.04. The molecule has 0 heterocycles. The predicted molar refractivity (Wildman–Crippen MR) is 85.5 cm³/mol. The van der Waals surface area contributed by atoms with E-state index < -0.39 is 85.9 Å². The van der Waals surface area contributed by atoms with Gasteiger partial charge in [0.15, 0.2) is 0 Å². The standard InChI is InChI=1S/C14H21N3O10/c15-6(5-11(22)23)12(24)16-7(1-3-9(18)19)13(25)17-8(14(26)27)2-4-10(20)21/h6-8H,1-5,15H2,(H,16,24)(H,17,25)(H,18,19)(H,20,21)(H,22,23)(H,26,27). The molecule has 0 fully saturated rings. The SMILES string of the molecule is NC(CC(=O)O)C(=O)NC(CCC(=O)O)C(=O)NC(CCC(=O)O)C(=O)O. The van der Waals surface area contributed by atoms with Crippen LogP contribution in [-0.4, -0.2) is 74.2 Å². The average molecular weight is 391 g/mol. The van der Waals surface area contributed by atoms with Gasteiger partial charge in [-0.1, -0.05) is 0 Å². The van der Waals surface area contributed by atoms with Crippen molar-refractivity contribution in [3.05, 3.63) is 0 Å². The molecule has 13 heteroatoms. The van der Waals surface area contributed by atoms with Gasteiger partial charge in [-0.3, -0.25) is 24.0 Å². The molecule has 27 heavy (non-hydrogen) atoms. The van der Waals surface area contributed by atoms with Crippen LogP contribution in [0.2, 0.25) is 0 Å². The van der Waals surface area contributed by atoms with E-state index in [-0.39, 0.29) is 0 Å². The van der Waals surface area contributed by atoms with Crippen LogP contribution in [0.5, 0.6) is 0 Å². The van der Waals surface area contributed by atoms with E-state index in [1.807, 2.05) is 5.32 Å². The Bertz CT molecular complexity index is 606. The molecule has 0 aliphatic heterocycles. The first kappa shape index (κ1) is 23.8. The van der Waals surface area contributed by atoms with E-state index in [4.69, 9.17) is 26.2 Å².